The van der Waals surface area contributed by atoms with Gasteiger partial charge in [0.1, 0.15) is 0 Å². The summed E-state index contributed by atoms with van der Waals surface area (Å²) >= 11 is 0. The Hall–Kier alpha value is -2.17. The lowest BCUT2D eigenvalue weighted by molar-refractivity contribution is -0.123. The van der Waals surface area contributed by atoms with Crippen molar-refractivity contribution in [3.05, 3.63) is 72.9 Å². The van der Waals surface area contributed by atoms with Crippen molar-refractivity contribution in [3.8, 4) is 0 Å². The van der Waals surface area contributed by atoms with E-state index in [9.17, 15) is 15.0 Å². The first kappa shape index (κ1) is 48.8. The molecule has 4 nitrogen and oxygen atoms in total. The lowest BCUT2D eigenvalue weighted by atomic mass is 10.0. The molecule has 0 aromatic heterocycles. The Bertz CT molecular complexity index is 899. The second kappa shape index (κ2) is 42.2. The number of rotatable bonds is 38. The number of aliphatic hydroxyl groups is 2. The molecule has 2 atom stereocenters. The zero-order valence-corrected chi connectivity index (χ0v) is 33.6. The average molecular weight is 710 g/mol. The molecule has 0 rings (SSSR count). The molecule has 3 N–H and O–H groups in total. The predicted octanol–water partition coefficient (Wildman–Crippen LogP) is 13.5. The summed E-state index contributed by atoms with van der Waals surface area (Å²) < 4.78 is 0. The Kier molecular flexibility index (Phi) is 40.4. The Morgan fingerprint density at radius 1 is 0.490 bits per heavy atom. The van der Waals surface area contributed by atoms with E-state index in [0.29, 0.717) is 12.8 Å². The van der Waals surface area contributed by atoms with Crippen LogP contribution in [-0.2, 0) is 4.79 Å². The smallest absolute Gasteiger partial charge is 0.220 e. The number of allylic oxidation sites excluding steroid dienone is 12. The number of hydrogen-bond donors (Lipinski definition) is 3. The lowest BCUT2D eigenvalue weighted by Crippen LogP contribution is -2.45. The van der Waals surface area contributed by atoms with Gasteiger partial charge in [-0.25, -0.2) is 0 Å². The minimum Gasteiger partial charge on any atom is -0.394 e. The van der Waals surface area contributed by atoms with Gasteiger partial charge in [0, 0.05) is 6.42 Å². The molecule has 51 heavy (non-hydrogen) atoms. The molecule has 2 unspecified atom stereocenters. The van der Waals surface area contributed by atoms with Crippen LogP contribution in [0.2, 0.25) is 0 Å². The summed E-state index contributed by atoms with van der Waals surface area (Å²) in [4.78, 5) is 12.3. The van der Waals surface area contributed by atoms with E-state index in [0.717, 1.165) is 64.2 Å². The molecule has 0 aliphatic heterocycles. The van der Waals surface area contributed by atoms with Gasteiger partial charge in [-0.15, -0.1) is 0 Å². The number of aliphatic hydroxyl groups excluding tert-OH is 2. The molecule has 0 aromatic rings. The quantitative estimate of drug-likeness (QED) is 0.0441. The zero-order valence-electron chi connectivity index (χ0n) is 33.6. The second-order valence-corrected chi connectivity index (χ2v) is 14.4. The molecular weight excluding hydrogens is 627 g/mol. The number of carbonyl (C=O) groups is 1. The molecule has 1 amide bonds. The van der Waals surface area contributed by atoms with Gasteiger partial charge in [-0.05, 0) is 64.2 Å². The summed E-state index contributed by atoms with van der Waals surface area (Å²) in [6.45, 7) is 4.20. The predicted molar refractivity (Wildman–Crippen MR) is 225 cm³/mol. The van der Waals surface area contributed by atoms with Crippen molar-refractivity contribution in [2.45, 2.75) is 212 Å². The van der Waals surface area contributed by atoms with E-state index in [1.807, 2.05) is 0 Å². The molecule has 0 bridgehead atoms. The molecule has 0 radical (unpaired) electrons. The fourth-order valence-corrected chi connectivity index (χ4v) is 6.19. The minimum atomic E-state index is -0.660. The maximum absolute atomic E-state index is 12.3. The van der Waals surface area contributed by atoms with Crippen molar-refractivity contribution in [1.29, 1.82) is 0 Å². The number of nitrogens with one attached hydrogen (secondary N) is 1. The standard InChI is InChI=1S/C47H83NO3/c1-3-5-7-9-11-13-14-15-16-17-18-19-20-21-22-23-24-25-26-27-28-29-30-31-32-33-34-35-37-39-41-43-47(51)48-45(44-49)46(50)42-40-38-36-12-10-8-6-4-2/h5,7,11,13,15-16,18-19,21-22,24-25,45-46,49-50H,3-4,6,8-10,12,14,17,20,23,26-44H2,1-2H3,(H,48,51)/b7-5-,13-11-,16-15-,19-18-,22-21-,25-24-. The molecule has 0 aliphatic rings. The topological polar surface area (TPSA) is 69.6 Å². The fourth-order valence-electron chi connectivity index (χ4n) is 6.19. The van der Waals surface area contributed by atoms with Crippen LogP contribution in [0.15, 0.2) is 72.9 Å². The summed E-state index contributed by atoms with van der Waals surface area (Å²) in [5, 5.41) is 23.0. The van der Waals surface area contributed by atoms with Crippen molar-refractivity contribution >= 4 is 5.91 Å². The van der Waals surface area contributed by atoms with Crippen molar-refractivity contribution in [2.75, 3.05) is 6.61 Å². The van der Waals surface area contributed by atoms with Crippen LogP contribution in [-0.4, -0.2) is 34.9 Å². The third kappa shape index (κ3) is 38.9. The zero-order chi connectivity index (χ0) is 37.1. The SMILES string of the molecule is CC/C=C\C/C=C\C/C=C\C/C=C\C/C=C\C/C=C\CCCCCCCCCCCCCCC(=O)NC(CO)C(O)CCCCCCCCCC. The van der Waals surface area contributed by atoms with E-state index < -0.39 is 12.1 Å². The first-order valence-corrected chi connectivity index (χ1v) is 21.6. The minimum absolute atomic E-state index is 0.0404. The fraction of sp³-hybridized carbons (Fsp3) is 0.723. The first-order chi connectivity index (χ1) is 25.2. The van der Waals surface area contributed by atoms with E-state index in [1.54, 1.807) is 0 Å². The highest BCUT2D eigenvalue weighted by molar-refractivity contribution is 5.76. The molecule has 4 heteroatoms. The van der Waals surface area contributed by atoms with Crippen LogP contribution < -0.4 is 5.32 Å². The molecule has 0 spiro atoms. The molecule has 0 heterocycles. The van der Waals surface area contributed by atoms with Gasteiger partial charge >= 0.3 is 0 Å². The summed E-state index contributed by atoms with van der Waals surface area (Å²) in [5.41, 5.74) is 0. The second-order valence-electron chi connectivity index (χ2n) is 14.4. The largest absolute Gasteiger partial charge is 0.394 e. The Morgan fingerprint density at radius 3 is 1.29 bits per heavy atom. The normalized spacial score (nSPS) is 13.7. The van der Waals surface area contributed by atoms with E-state index in [-0.39, 0.29) is 12.5 Å². The average Bonchev–Trinajstić information content (AvgIpc) is 3.13. The van der Waals surface area contributed by atoms with E-state index >= 15 is 0 Å². The van der Waals surface area contributed by atoms with Gasteiger partial charge in [0.25, 0.3) is 0 Å². The van der Waals surface area contributed by atoms with Crippen molar-refractivity contribution in [3.63, 3.8) is 0 Å². The first-order valence-electron chi connectivity index (χ1n) is 21.6. The van der Waals surface area contributed by atoms with Gasteiger partial charge in [0.2, 0.25) is 5.91 Å². The van der Waals surface area contributed by atoms with Gasteiger partial charge in [-0.3, -0.25) is 4.79 Å². The molecule has 0 aromatic carbocycles. The van der Waals surface area contributed by atoms with Crippen LogP contribution in [0, 0.1) is 0 Å². The Labute approximate surface area is 317 Å². The van der Waals surface area contributed by atoms with Crippen molar-refractivity contribution < 1.29 is 15.0 Å². The van der Waals surface area contributed by atoms with Crippen LogP contribution in [0.3, 0.4) is 0 Å². The van der Waals surface area contributed by atoms with Gasteiger partial charge in [0.15, 0.2) is 0 Å². The molecule has 294 valence electrons. The van der Waals surface area contributed by atoms with E-state index in [2.05, 4.69) is 92.1 Å². The Balaban J connectivity index is 3.51. The third-order valence-electron chi connectivity index (χ3n) is 9.48. The molecule has 0 saturated carbocycles. The number of amides is 1. The molecule has 0 saturated heterocycles. The summed E-state index contributed by atoms with van der Waals surface area (Å²) in [6, 6.07) is -0.537. The van der Waals surface area contributed by atoms with E-state index in [4.69, 9.17) is 0 Å². The molecule has 0 fully saturated rings. The van der Waals surface area contributed by atoms with E-state index in [1.165, 1.54) is 109 Å². The van der Waals surface area contributed by atoms with Crippen molar-refractivity contribution in [2.24, 2.45) is 0 Å². The highest BCUT2D eigenvalue weighted by atomic mass is 16.3. The van der Waals surface area contributed by atoms with Crippen LogP contribution in [0.1, 0.15) is 200 Å². The number of carbonyl (C=O) groups excluding carboxylic acids is 1. The highest BCUT2D eigenvalue weighted by Gasteiger charge is 2.19. The molecule has 0 aliphatic carbocycles. The molecular formula is C47H83NO3. The maximum atomic E-state index is 12.3. The summed E-state index contributed by atoms with van der Waals surface area (Å²) in [7, 11) is 0. The summed E-state index contributed by atoms with van der Waals surface area (Å²) in [5.74, 6) is -0.0404. The number of hydrogen-bond acceptors (Lipinski definition) is 3. The van der Waals surface area contributed by atoms with Gasteiger partial charge in [-0.2, -0.15) is 0 Å². The van der Waals surface area contributed by atoms with Crippen LogP contribution in [0.25, 0.3) is 0 Å². The Morgan fingerprint density at radius 2 is 0.863 bits per heavy atom. The third-order valence-corrected chi connectivity index (χ3v) is 9.48. The maximum Gasteiger partial charge on any atom is 0.220 e. The van der Waals surface area contributed by atoms with Crippen LogP contribution in [0.4, 0.5) is 0 Å². The van der Waals surface area contributed by atoms with Gasteiger partial charge < -0.3 is 15.5 Å². The van der Waals surface area contributed by atoms with Crippen LogP contribution >= 0.6 is 0 Å². The van der Waals surface area contributed by atoms with Crippen LogP contribution in [0.5, 0.6) is 0 Å². The lowest BCUT2D eigenvalue weighted by Gasteiger charge is -2.22. The number of unbranched alkanes of at least 4 members (excludes halogenated alkanes) is 19. The van der Waals surface area contributed by atoms with Gasteiger partial charge in [0.05, 0.1) is 18.8 Å². The summed E-state index contributed by atoms with van der Waals surface area (Å²) in [6.07, 6.45) is 59.9. The highest BCUT2D eigenvalue weighted by Crippen LogP contribution is 2.15. The van der Waals surface area contributed by atoms with Crippen molar-refractivity contribution in [1.82, 2.24) is 5.32 Å². The monoisotopic (exact) mass is 710 g/mol. The van der Waals surface area contributed by atoms with Gasteiger partial charge in [-0.1, -0.05) is 202 Å².